The summed E-state index contributed by atoms with van der Waals surface area (Å²) < 4.78 is 29.4. The van der Waals surface area contributed by atoms with Crippen molar-refractivity contribution in [1.82, 2.24) is 15.1 Å². The van der Waals surface area contributed by atoms with Crippen molar-refractivity contribution in [2.45, 2.75) is 18.3 Å². The van der Waals surface area contributed by atoms with Crippen LogP contribution in [0.2, 0.25) is 0 Å². The van der Waals surface area contributed by atoms with Gasteiger partial charge in [0.05, 0.1) is 5.41 Å². The van der Waals surface area contributed by atoms with Crippen molar-refractivity contribution in [2.24, 2.45) is 5.73 Å². The highest BCUT2D eigenvalue weighted by Gasteiger charge is 2.38. The lowest BCUT2D eigenvalue weighted by Crippen LogP contribution is -2.40. The second kappa shape index (κ2) is 8.64. The van der Waals surface area contributed by atoms with Gasteiger partial charge in [0.2, 0.25) is 17.6 Å². The Labute approximate surface area is 167 Å². The maximum absolute atomic E-state index is 12.9. The van der Waals surface area contributed by atoms with E-state index in [0.717, 1.165) is 12.8 Å². The number of aromatic nitrogens is 3. The van der Waals surface area contributed by atoms with Gasteiger partial charge < -0.3 is 19.7 Å². The predicted molar refractivity (Wildman–Crippen MR) is 102 cm³/mol. The largest absolute Gasteiger partial charge is 0.439 e. The lowest BCUT2D eigenvalue weighted by Gasteiger charge is -2.32. The monoisotopic (exact) mass is 406 g/mol. The summed E-state index contributed by atoms with van der Waals surface area (Å²) in [5, 5.41) is 4.07. The highest BCUT2D eigenvalue weighted by molar-refractivity contribution is 5.85. The van der Waals surface area contributed by atoms with Crippen LogP contribution in [0.15, 0.2) is 47.1 Å². The van der Waals surface area contributed by atoms with Crippen LogP contribution in [0.4, 0.5) is 4.39 Å². The Morgan fingerprint density at radius 2 is 1.86 bits per heavy atom. The molecule has 7 nitrogen and oxygen atoms in total. The summed E-state index contributed by atoms with van der Waals surface area (Å²) in [4.78, 5) is 8.78. The topological polar surface area (TPSA) is 96.3 Å². The molecule has 0 radical (unpaired) electrons. The van der Waals surface area contributed by atoms with Crippen LogP contribution in [-0.4, -0.2) is 34.9 Å². The fraction of sp³-hybridized carbons (Fsp3) is 0.316. The van der Waals surface area contributed by atoms with Gasteiger partial charge in [-0.2, -0.15) is 4.98 Å². The minimum Gasteiger partial charge on any atom is -0.439 e. The van der Waals surface area contributed by atoms with Crippen molar-refractivity contribution >= 4 is 12.4 Å². The average Bonchev–Trinajstić information content (AvgIpc) is 3.22. The number of halogens is 2. The standard InChI is InChI=1S/C19H19FN4O3.ClH/c20-14-2-4-15(5-3-14)26-16-6-1-13(11-22-16)17-23-18(27-24-17)19(12-21)7-9-25-10-8-19;/h1-6,11H,7-10,12,21H2;1H. The van der Waals surface area contributed by atoms with Crippen LogP contribution >= 0.6 is 12.4 Å². The minimum atomic E-state index is -0.331. The van der Waals surface area contributed by atoms with E-state index in [-0.39, 0.29) is 23.6 Å². The van der Waals surface area contributed by atoms with Gasteiger partial charge in [0.15, 0.2) is 0 Å². The molecule has 2 aromatic heterocycles. The van der Waals surface area contributed by atoms with Gasteiger partial charge in [-0.3, -0.25) is 0 Å². The molecule has 148 valence electrons. The molecule has 1 saturated heterocycles. The quantitative estimate of drug-likeness (QED) is 0.692. The van der Waals surface area contributed by atoms with E-state index in [4.69, 9.17) is 19.7 Å². The molecule has 3 aromatic rings. The molecule has 0 bridgehead atoms. The molecule has 0 spiro atoms. The van der Waals surface area contributed by atoms with Gasteiger partial charge in [-0.25, -0.2) is 9.37 Å². The molecule has 0 amide bonds. The smallest absolute Gasteiger partial charge is 0.234 e. The molecule has 0 atom stereocenters. The molecule has 3 heterocycles. The predicted octanol–water partition coefficient (Wildman–Crippen LogP) is 3.49. The van der Waals surface area contributed by atoms with Crippen LogP contribution in [0, 0.1) is 5.82 Å². The molecule has 0 unspecified atom stereocenters. The van der Waals surface area contributed by atoms with Crippen molar-refractivity contribution in [3.8, 4) is 23.0 Å². The van der Waals surface area contributed by atoms with Crippen molar-refractivity contribution in [3.05, 3.63) is 54.3 Å². The second-order valence-corrected chi connectivity index (χ2v) is 6.46. The SMILES string of the molecule is Cl.NCC1(c2nc(-c3ccc(Oc4ccc(F)cc4)nc3)no2)CCOCC1. The summed E-state index contributed by atoms with van der Waals surface area (Å²) in [6.45, 7) is 1.69. The third-order valence-corrected chi connectivity index (χ3v) is 4.75. The highest BCUT2D eigenvalue weighted by atomic mass is 35.5. The zero-order chi connectivity index (χ0) is 18.7. The molecule has 1 aromatic carbocycles. The summed E-state index contributed by atoms with van der Waals surface area (Å²) in [5.41, 5.74) is 6.36. The lowest BCUT2D eigenvalue weighted by molar-refractivity contribution is 0.0409. The highest BCUT2D eigenvalue weighted by Crippen LogP contribution is 2.34. The van der Waals surface area contributed by atoms with Gasteiger partial charge >= 0.3 is 0 Å². The molecule has 0 aliphatic carbocycles. The molecule has 1 fully saturated rings. The van der Waals surface area contributed by atoms with Gasteiger partial charge in [0, 0.05) is 37.6 Å². The molecule has 1 aliphatic heterocycles. The second-order valence-electron chi connectivity index (χ2n) is 6.46. The van der Waals surface area contributed by atoms with Gasteiger partial charge in [0.1, 0.15) is 11.6 Å². The molecule has 2 N–H and O–H groups in total. The van der Waals surface area contributed by atoms with Crippen LogP contribution in [0.25, 0.3) is 11.4 Å². The first kappa shape index (κ1) is 20.2. The fourth-order valence-corrected chi connectivity index (χ4v) is 3.02. The van der Waals surface area contributed by atoms with Crippen molar-refractivity contribution in [3.63, 3.8) is 0 Å². The van der Waals surface area contributed by atoms with E-state index in [1.807, 2.05) is 0 Å². The number of nitrogens with zero attached hydrogens (tertiary/aromatic N) is 3. The number of pyridine rings is 1. The first-order valence-corrected chi connectivity index (χ1v) is 8.70. The van der Waals surface area contributed by atoms with E-state index in [9.17, 15) is 4.39 Å². The summed E-state index contributed by atoms with van der Waals surface area (Å²) >= 11 is 0. The van der Waals surface area contributed by atoms with E-state index >= 15 is 0 Å². The number of ether oxygens (including phenoxy) is 2. The van der Waals surface area contributed by atoms with E-state index in [1.54, 1.807) is 18.3 Å². The maximum atomic E-state index is 12.9. The van der Waals surface area contributed by atoms with E-state index < -0.39 is 0 Å². The summed E-state index contributed by atoms with van der Waals surface area (Å²) in [6, 6.07) is 9.22. The maximum Gasteiger partial charge on any atom is 0.234 e. The normalized spacial score (nSPS) is 15.6. The summed E-state index contributed by atoms with van der Waals surface area (Å²) in [7, 11) is 0. The van der Waals surface area contributed by atoms with Gasteiger partial charge in [-0.15, -0.1) is 12.4 Å². The van der Waals surface area contributed by atoms with Crippen molar-refractivity contribution in [2.75, 3.05) is 19.8 Å². The Morgan fingerprint density at radius 1 is 1.11 bits per heavy atom. The van der Waals surface area contributed by atoms with Gasteiger partial charge in [-0.05, 0) is 43.2 Å². The zero-order valence-corrected chi connectivity index (χ0v) is 15.8. The summed E-state index contributed by atoms with van der Waals surface area (Å²) in [5.74, 6) is 1.55. The van der Waals surface area contributed by atoms with Crippen LogP contribution in [-0.2, 0) is 10.2 Å². The third kappa shape index (κ3) is 4.14. The number of hydrogen-bond donors (Lipinski definition) is 1. The van der Waals surface area contributed by atoms with E-state index in [1.165, 1.54) is 24.3 Å². The lowest BCUT2D eigenvalue weighted by atomic mass is 9.80. The fourth-order valence-electron chi connectivity index (χ4n) is 3.02. The number of nitrogens with two attached hydrogens (primary N) is 1. The Hall–Kier alpha value is -2.55. The Bertz CT molecular complexity index is 896. The Balaban J connectivity index is 0.00000225. The van der Waals surface area contributed by atoms with Crippen molar-refractivity contribution in [1.29, 1.82) is 0 Å². The molecule has 0 saturated carbocycles. The van der Waals surface area contributed by atoms with E-state index in [2.05, 4.69) is 15.1 Å². The number of benzene rings is 1. The molecule has 1 aliphatic rings. The minimum absolute atomic E-state index is 0. The first-order chi connectivity index (χ1) is 13.2. The van der Waals surface area contributed by atoms with Crippen LogP contribution in [0.5, 0.6) is 11.6 Å². The van der Waals surface area contributed by atoms with Crippen molar-refractivity contribution < 1.29 is 18.4 Å². The van der Waals surface area contributed by atoms with Crippen LogP contribution in [0.3, 0.4) is 0 Å². The Morgan fingerprint density at radius 3 is 2.50 bits per heavy atom. The summed E-state index contributed by atoms with van der Waals surface area (Å²) in [6.07, 6.45) is 3.12. The molecule has 4 rings (SSSR count). The zero-order valence-electron chi connectivity index (χ0n) is 15.0. The molecule has 28 heavy (non-hydrogen) atoms. The van der Waals surface area contributed by atoms with Crippen LogP contribution < -0.4 is 10.5 Å². The third-order valence-electron chi connectivity index (χ3n) is 4.75. The van der Waals surface area contributed by atoms with E-state index in [0.29, 0.717) is 48.7 Å². The van der Waals surface area contributed by atoms with Crippen LogP contribution in [0.1, 0.15) is 18.7 Å². The average molecular weight is 407 g/mol. The number of rotatable bonds is 5. The van der Waals surface area contributed by atoms with Gasteiger partial charge in [-0.1, -0.05) is 5.16 Å². The Kier molecular flexibility index (Phi) is 6.23. The molecular weight excluding hydrogens is 387 g/mol. The first-order valence-electron chi connectivity index (χ1n) is 8.70. The molecular formula is C19H20ClFN4O3. The number of hydrogen-bond acceptors (Lipinski definition) is 7. The molecule has 9 heteroatoms. The van der Waals surface area contributed by atoms with Gasteiger partial charge in [0.25, 0.3) is 0 Å².